The van der Waals surface area contributed by atoms with Gasteiger partial charge in [-0.15, -0.1) is 34.0 Å². The number of urea groups is 3. The van der Waals surface area contributed by atoms with Crippen LogP contribution in [-0.2, 0) is 4.74 Å². The Labute approximate surface area is 341 Å². The fourth-order valence-electron chi connectivity index (χ4n) is 4.73. The summed E-state index contributed by atoms with van der Waals surface area (Å²) >= 11 is 3.61. The van der Waals surface area contributed by atoms with Gasteiger partial charge in [-0.1, -0.05) is 54.6 Å². The van der Waals surface area contributed by atoms with Gasteiger partial charge in [-0.05, 0) is 59.2 Å². The Hall–Kier alpha value is -7.16. The lowest BCUT2D eigenvalue weighted by Gasteiger charge is -2.02. The molecule has 0 aliphatic carbocycles. The standard InChI is InChI=1S/C13H12FN3O2S.C13H12N2O3S.C12H10FN3O2S/c1-16-13(19)17-12-9(11(15)18)6-10(20-12)7-2-4-8(14)5-3-7;1-18-12(16)9-7-10(8-5-3-2-4-6-8)19-11(9)15-13(14)17;13-7-3-1-6(2-4-7)9-5-8(10(14)17)11(19-9)16-12(15)18/h2-6H,1H3,(H2,15,18)(H2,16,17,19);2-7H,1H3,(H3,14,15,17);1-5H,(H2,14,17)(H3,15,16,18). The van der Waals surface area contributed by atoms with Gasteiger partial charge in [0.05, 0.1) is 23.8 Å². The maximum atomic E-state index is 12.9. The highest BCUT2D eigenvalue weighted by molar-refractivity contribution is 7.20. The largest absolute Gasteiger partial charge is 0.465 e. The highest BCUT2D eigenvalue weighted by Gasteiger charge is 2.19. The van der Waals surface area contributed by atoms with E-state index in [2.05, 4.69) is 26.0 Å². The molecule has 15 nitrogen and oxygen atoms in total. The van der Waals surface area contributed by atoms with Gasteiger partial charge >= 0.3 is 24.1 Å². The van der Waals surface area contributed by atoms with E-state index in [4.69, 9.17) is 22.9 Å². The highest BCUT2D eigenvalue weighted by atomic mass is 32.1. The second-order valence-electron chi connectivity index (χ2n) is 11.3. The Balaban J connectivity index is 0.000000193. The Morgan fingerprint density at radius 1 is 0.534 bits per heavy atom. The SMILES string of the molecule is CNC(=O)Nc1sc(-c2ccc(F)cc2)cc1C(N)=O.COC(=O)c1cc(-c2ccccc2)sc1NC(N)=O.NC(=O)Nc1sc(-c2ccc(F)cc2)cc1C(N)=O. The van der Waals surface area contributed by atoms with Gasteiger partial charge in [0.2, 0.25) is 0 Å². The van der Waals surface area contributed by atoms with Crippen molar-refractivity contribution in [1.29, 1.82) is 0 Å². The van der Waals surface area contributed by atoms with Gasteiger partial charge in [0.1, 0.15) is 26.6 Å². The van der Waals surface area contributed by atoms with Crippen molar-refractivity contribution in [2.75, 3.05) is 30.1 Å². The summed E-state index contributed by atoms with van der Waals surface area (Å²) in [6.07, 6.45) is 0. The van der Waals surface area contributed by atoms with Crippen molar-refractivity contribution in [2.24, 2.45) is 22.9 Å². The van der Waals surface area contributed by atoms with Crippen LogP contribution in [0.25, 0.3) is 31.3 Å². The van der Waals surface area contributed by atoms with Crippen LogP contribution in [0.1, 0.15) is 31.1 Å². The number of esters is 1. The monoisotopic (exact) mass is 848 g/mol. The Morgan fingerprint density at radius 2 is 0.897 bits per heavy atom. The molecule has 0 atom stereocenters. The van der Waals surface area contributed by atoms with Crippen LogP contribution in [0.2, 0.25) is 0 Å². The number of hydrogen-bond donors (Lipinski definition) is 8. The minimum absolute atomic E-state index is 0.170. The Bertz CT molecular complexity index is 2440. The number of carbonyl (C=O) groups excluding carboxylic acids is 6. The van der Waals surface area contributed by atoms with E-state index in [0.717, 1.165) is 27.3 Å². The van der Waals surface area contributed by atoms with Gasteiger partial charge in [0.15, 0.2) is 0 Å². The predicted octanol–water partition coefficient (Wildman–Crippen LogP) is 7.24. The molecule has 300 valence electrons. The van der Waals surface area contributed by atoms with Gasteiger partial charge in [-0.2, -0.15) is 0 Å². The van der Waals surface area contributed by atoms with Gasteiger partial charge in [0, 0.05) is 21.7 Å². The number of rotatable bonds is 9. The van der Waals surface area contributed by atoms with Gasteiger partial charge < -0.3 is 33.0 Å². The molecule has 3 heterocycles. The van der Waals surface area contributed by atoms with E-state index in [0.29, 0.717) is 30.9 Å². The summed E-state index contributed by atoms with van der Waals surface area (Å²) in [5.74, 6) is -2.52. The summed E-state index contributed by atoms with van der Waals surface area (Å²) in [6, 6.07) is 24.0. The fourth-order valence-corrected chi connectivity index (χ4v) is 7.92. The van der Waals surface area contributed by atoms with Crippen LogP contribution in [-0.4, -0.2) is 50.0 Å². The number of thiophene rings is 3. The molecule has 3 aromatic carbocycles. The third-order valence-corrected chi connectivity index (χ3v) is 10.7. The summed E-state index contributed by atoms with van der Waals surface area (Å²) in [5.41, 5.74) is 23.7. The van der Waals surface area contributed by atoms with E-state index in [-0.39, 0.29) is 27.8 Å². The summed E-state index contributed by atoms with van der Waals surface area (Å²) in [6.45, 7) is 0. The molecule has 0 aliphatic heterocycles. The molecule has 6 aromatic rings. The molecule has 3 aromatic heterocycles. The Kier molecular flexibility index (Phi) is 15.1. The molecule has 0 saturated heterocycles. The zero-order chi connectivity index (χ0) is 42.5. The van der Waals surface area contributed by atoms with Gasteiger partial charge in [0.25, 0.3) is 11.8 Å². The number of nitrogens with two attached hydrogens (primary N) is 4. The third kappa shape index (κ3) is 11.9. The van der Waals surface area contributed by atoms with Crippen LogP contribution in [0.15, 0.2) is 97.1 Å². The van der Waals surface area contributed by atoms with E-state index in [1.54, 1.807) is 36.4 Å². The molecule has 58 heavy (non-hydrogen) atoms. The minimum Gasteiger partial charge on any atom is -0.465 e. The molecule has 0 saturated carbocycles. The van der Waals surface area contributed by atoms with E-state index in [1.807, 2.05) is 30.3 Å². The van der Waals surface area contributed by atoms with Crippen LogP contribution in [0.3, 0.4) is 0 Å². The molecule has 0 radical (unpaired) electrons. The zero-order valence-corrected chi connectivity index (χ0v) is 32.8. The summed E-state index contributed by atoms with van der Waals surface area (Å²) in [7, 11) is 2.75. The first-order chi connectivity index (χ1) is 27.6. The first-order valence-corrected chi connectivity index (χ1v) is 18.8. The molecule has 12 N–H and O–H groups in total. The summed E-state index contributed by atoms with van der Waals surface area (Å²) < 4.78 is 30.4. The number of ether oxygens (including phenoxy) is 1. The smallest absolute Gasteiger partial charge is 0.340 e. The molecule has 8 amide bonds. The van der Waals surface area contributed by atoms with Crippen LogP contribution in [0, 0.1) is 11.6 Å². The van der Waals surface area contributed by atoms with Crippen molar-refractivity contribution in [2.45, 2.75) is 0 Å². The molecule has 20 heteroatoms. The van der Waals surface area contributed by atoms with Crippen LogP contribution >= 0.6 is 34.0 Å². The number of methoxy groups -OCH3 is 1. The molecule has 6 rings (SSSR count). The molecule has 0 aliphatic rings. The van der Waals surface area contributed by atoms with Gasteiger partial charge in [-0.3, -0.25) is 25.5 Å². The average Bonchev–Trinajstić information content (AvgIpc) is 3.93. The first kappa shape index (κ1) is 43.6. The second kappa shape index (κ2) is 20.1. The number of nitrogens with one attached hydrogen (secondary N) is 4. The highest BCUT2D eigenvalue weighted by Crippen LogP contribution is 2.37. The van der Waals surface area contributed by atoms with Crippen molar-refractivity contribution >= 4 is 84.9 Å². The van der Waals surface area contributed by atoms with E-state index < -0.39 is 35.9 Å². The molecule has 0 fully saturated rings. The van der Waals surface area contributed by atoms with Crippen LogP contribution in [0.5, 0.6) is 0 Å². The van der Waals surface area contributed by atoms with E-state index in [1.165, 1.54) is 67.2 Å². The average molecular weight is 849 g/mol. The quantitative estimate of drug-likeness (QED) is 0.0691. The normalized spacial score (nSPS) is 10.1. The number of benzene rings is 3. The first-order valence-electron chi connectivity index (χ1n) is 16.4. The number of amides is 8. The minimum atomic E-state index is -0.782. The maximum Gasteiger partial charge on any atom is 0.340 e. The molecule has 0 unspecified atom stereocenters. The van der Waals surface area contributed by atoms with E-state index >= 15 is 0 Å². The maximum absolute atomic E-state index is 12.9. The molecular formula is C38H34F2N8O7S3. The van der Waals surface area contributed by atoms with E-state index in [9.17, 15) is 37.5 Å². The zero-order valence-electron chi connectivity index (χ0n) is 30.4. The van der Waals surface area contributed by atoms with Crippen molar-refractivity contribution in [1.82, 2.24) is 5.32 Å². The number of halogens is 2. The Morgan fingerprint density at radius 3 is 1.26 bits per heavy atom. The summed E-state index contributed by atoms with van der Waals surface area (Å²) in [5, 5.41) is 10.7. The molecular weight excluding hydrogens is 815 g/mol. The van der Waals surface area contributed by atoms with Crippen molar-refractivity contribution in [3.05, 3.63) is 125 Å². The lowest BCUT2D eigenvalue weighted by atomic mass is 10.1. The third-order valence-electron chi connectivity index (χ3n) is 7.38. The fraction of sp³-hybridized carbons (Fsp3) is 0.0526. The second-order valence-corrected chi connectivity index (χ2v) is 14.5. The molecule has 0 spiro atoms. The number of anilines is 3. The van der Waals surface area contributed by atoms with Crippen LogP contribution < -0.4 is 44.2 Å². The van der Waals surface area contributed by atoms with Crippen LogP contribution in [0.4, 0.5) is 38.2 Å². The summed E-state index contributed by atoms with van der Waals surface area (Å²) in [4.78, 5) is 69.7. The lowest BCUT2D eigenvalue weighted by Crippen LogP contribution is -2.25. The number of hydrogen-bond acceptors (Lipinski definition) is 10. The van der Waals surface area contributed by atoms with Crippen molar-refractivity contribution < 1.29 is 42.3 Å². The van der Waals surface area contributed by atoms with Crippen molar-refractivity contribution in [3.63, 3.8) is 0 Å². The lowest BCUT2D eigenvalue weighted by molar-refractivity contribution is 0.0602. The van der Waals surface area contributed by atoms with Gasteiger partial charge in [-0.25, -0.2) is 28.0 Å². The number of primary amides is 4. The predicted molar refractivity (Wildman–Crippen MR) is 222 cm³/mol. The number of carbonyl (C=O) groups is 6. The van der Waals surface area contributed by atoms with Crippen molar-refractivity contribution in [3.8, 4) is 31.3 Å². The topological polar surface area (TPSA) is 264 Å². The molecule has 0 bridgehead atoms.